The summed E-state index contributed by atoms with van der Waals surface area (Å²) in [6.45, 7) is 1.97. The van der Waals surface area contributed by atoms with E-state index in [1.165, 1.54) is 11.4 Å². The van der Waals surface area contributed by atoms with Crippen molar-refractivity contribution in [2.24, 2.45) is 0 Å². The lowest BCUT2D eigenvalue weighted by molar-refractivity contribution is 0.592. The highest BCUT2D eigenvalue weighted by molar-refractivity contribution is 5.17. The second kappa shape index (κ2) is 2.79. The molecule has 1 aliphatic heterocycles. The van der Waals surface area contributed by atoms with Crippen LogP contribution in [-0.4, -0.2) is 30.3 Å². The number of hydrogen-bond acceptors (Lipinski definition) is 3. The molecule has 2 rings (SSSR count). The predicted octanol–water partition coefficient (Wildman–Crippen LogP) is -0.274. The zero-order valence-corrected chi connectivity index (χ0v) is 7.54. The average molecular weight is 166 g/mol. The van der Waals surface area contributed by atoms with E-state index in [1.807, 2.05) is 20.4 Å². The van der Waals surface area contributed by atoms with Crippen molar-refractivity contribution in [3.63, 3.8) is 0 Å². The minimum Gasteiger partial charge on any atom is -0.318 e. The van der Waals surface area contributed by atoms with Gasteiger partial charge in [0.05, 0.1) is 11.4 Å². The summed E-state index contributed by atoms with van der Waals surface area (Å²) in [7, 11) is 4.06. The van der Waals surface area contributed by atoms with Crippen LogP contribution in [-0.2, 0) is 13.0 Å². The average Bonchev–Trinajstić information content (AvgIpc) is 2.47. The molecule has 0 atom stereocenters. The minimum atomic E-state index is 0.913. The number of nitrogens with zero attached hydrogens (tertiary/aromatic N) is 3. The van der Waals surface area contributed by atoms with Crippen LogP contribution in [0.15, 0.2) is 6.33 Å². The Morgan fingerprint density at radius 3 is 3.17 bits per heavy atom. The molecule has 2 heterocycles. The van der Waals surface area contributed by atoms with Crippen molar-refractivity contribution in [2.45, 2.75) is 13.0 Å². The van der Waals surface area contributed by atoms with Crippen LogP contribution in [0.3, 0.4) is 0 Å². The Labute approximate surface area is 72.2 Å². The van der Waals surface area contributed by atoms with Gasteiger partial charge >= 0.3 is 0 Å². The van der Waals surface area contributed by atoms with Gasteiger partial charge in [-0.1, -0.05) is 0 Å². The van der Waals surface area contributed by atoms with Crippen LogP contribution in [0, 0.1) is 0 Å². The van der Waals surface area contributed by atoms with E-state index in [1.54, 1.807) is 0 Å². The fraction of sp³-hybridized carbons (Fsp3) is 0.625. The second-order valence-electron chi connectivity index (χ2n) is 3.26. The third-order valence-electron chi connectivity index (χ3n) is 2.19. The van der Waals surface area contributed by atoms with Gasteiger partial charge in [-0.2, -0.15) is 0 Å². The lowest BCUT2D eigenvalue weighted by Crippen LogP contribution is -2.31. The number of imidazole rings is 1. The summed E-state index contributed by atoms with van der Waals surface area (Å²) in [5, 5.41) is 5.35. The van der Waals surface area contributed by atoms with E-state index in [0.29, 0.717) is 0 Å². The molecule has 0 fully saturated rings. The van der Waals surface area contributed by atoms with Crippen LogP contribution in [0.1, 0.15) is 11.4 Å². The zero-order chi connectivity index (χ0) is 8.55. The fourth-order valence-electron chi connectivity index (χ4n) is 1.57. The quantitative estimate of drug-likeness (QED) is 0.623. The molecule has 12 heavy (non-hydrogen) atoms. The molecule has 0 amide bonds. The molecule has 0 bridgehead atoms. The summed E-state index contributed by atoms with van der Waals surface area (Å²) < 4.78 is 2.11. The Kier molecular flexibility index (Phi) is 1.77. The summed E-state index contributed by atoms with van der Waals surface area (Å²) in [5.41, 5.74) is 2.54. The van der Waals surface area contributed by atoms with Crippen molar-refractivity contribution >= 4 is 0 Å². The molecule has 1 aromatic heterocycles. The molecule has 4 nitrogen and oxygen atoms in total. The van der Waals surface area contributed by atoms with Gasteiger partial charge in [-0.3, -0.25) is 0 Å². The molecular formula is C8H14N4. The highest BCUT2D eigenvalue weighted by Crippen LogP contribution is 2.11. The summed E-state index contributed by atoms with van der Waals surface area (Å²) >= 11 is 0. The second-order valence-corrected chi connectivity index (χ2v) is 3.26. The van der Waals surface area contributed by atoms with Crippen LogP contribution in [0.4, 0.5) is 0 Å². The van der Waals surface area contributed by atoms with Crippen molar-refractivity contribution in [2.75, 3.05) is 25.6 Å². The monoisotopic (exact) mass is 166 g/mol. The van der Waals surface area contributed by atoms with Gasteiger partial charge in [0.25, 0.3) is 0 Å². The maximum Gasteiger partial charge on any atom is 0.115 e. The van der Waals surface area contributed by atoms with Crippen molar-refractivity contribution in [3.05, 3.63) is 17.7 Å². The summed E-state index contributed by atoms with van der Waals surface area (Å²) in [4.78, 5) is 4.34. The molecule has 0 aliphatic carbocycles. The van der Waals surface area contributed by atoms with Gasteiger partial charge in [-0.25, -0.2) is 9.66 Å². The molecule has 66 valence electrons. The number of hydrogen-bond donors (Lipinski definition) is 1. The molecule has 0 spiro atoms. The lowest BCUT2D eigenvalue weighted by atomic mass is 10.2. The topological polar surface area (TPSA) is 33.1 Å². The Morgan fingerprint density at radius 2 is 2.42 bits per heavy atom. The fourth-order valence-corrected chi connectivity index (χ4v) is 1.57. The van der Waals surface area contributed by atoms with Gasteiger partial charge in [0.1, 0.15) is 6.33 Å². The number of rotatable bonds is 1. The molecule has 0 saturated carbocycles. The number of aromatic nitrogens is 2. The van der Waals surface area contributed by atoms with E-state index in [4.69, 9.17) is 0 Å². The first-order valence-corrected chi connectivity index (χ1v) is 4.22. The number of fused-ring (bicyclic) bond motifs is 1. The Bertz CT molecular complexity index is 277. The molecule has 1 aliphatic rings. The van der Waals surface area contributed by atoms with Gasteiger partial charge in [0.2, 0.25) is 0 Å². The van der Waals surface area contributed by atoms with E-state index in [2.05, 4.69) is 20.0 Å². The number of nitrogens with one attached hydrogen (secondary N) is 1. The molecule has 1 aromatic rings. The van der Waals surface area contributed by atoms with Gasteiger partial charge in [-0.15, -0.1) is 0 Å². The third-order valence-corrected chi connectivity index (χ3v) is 2.19. The molecule has 1 N–H and O–H groups in total. The van der Waals surface area contributed by atoms with Crippen LogP contribution < -0.4 is 10.3 Å². The van der Waals surface area contributed by atoms with Crippen molar-refractivity contribution in [3.8, 4) is 0 Å². The first-order valence-electron chi connectivity index (χ1n) is 4.22. The SMILES string of the molecule is CN(C)n1cnc2c1CCNC2. The Balaban J connectivity index is 2.38. The third kappa shape index (κ3) is 1.08. The summed E-state index contributed by atoms with van der Waals surface area (Å²) in [5.74, 6) is 0. The highest BCUT2D eigenvalue weighted by atomic mass is 15.5. The van der Waals surface area contributed by atoms with Crippen molar-refractivity contribution in [1.29, 1.82) is 0 Å². The molecule has 0 radical (unpaired) electrons. The predicted molar refractivity (Wildman–Crippen MR) is 47.7 cm³/mol. The first kappa shape index (κ1) is 7.61. The molecular weight excluding hydrogens is 152 g/mol. The molecule has 0 aromatic carbocycles. The summed E-state index contributed by atoms with van der Waals surface area (Å²) in [6.07, 6.45) is 2.96. The molecule has 0 saturated heterocycles. The first-order chi connectivity index (χ1) is 5.79. The van der Waals surface area contributed by atoms with Gasteiger partial charge in [0.15, 0.2) is 0 Å². The minimum absolute atomic E-state index is 0.913. The Hall–Kier alpha value is -1.03. The van der Waals surface area contributed by atoms with Crippen LogP contribution >= 0.6 is 0 Å². The van der Waals surface area contributed by atoms with E-state index in [9.17, 15) is 0 Å². The largest absolute Gasteiger partial charge is 0.318 e. The standard InChI is InChI=1S/C8H14N4/c1-11(2)12-6-10-7-5-9-4-3-8(7)12/h6,9H,3-5H2,1-2H3. The van der Waals surface area contributed by atoms with E-state index < -0.39 is 0 Å². The van der Waals surface area contributed by atoms with Crippen LogP contribution in [0.25, 0.3) is 0 Å². The van der Waals surface area contributed by atoms with Crippen molar-refractivity contribution in [1.82, 2.24) is 15.0 Å². The molecule has 0 unspecified atom stereocenters. The van der Waals surface area contributed by atoms with Gasteiger partial charge in [-0.05, 0) is 0 Å². The van der Waals surface area contributed by atoms with Crippen molar-refractivity contribution < 1.29 is 0 Å². The summed E-state index contributed by atoms with van der Waals surface area (Å²) in [6, 6.07) is 0. The van der Waals surface area contributed by atoms with Crippen LogP contribution in [0.5, 0.6) is 0 Å². The van der Waals surface area contributed by atoms with Gasteiger partial charge < -0.3 is 10.3 Å². The zero-order valence-electron chi connectivity index (χ0n) is 7.54. The highest BCUT2D eigenvalue weighted by Gasteiger charge is 2.14. The van der Waals surface area contributed by atoms with E-state index in [0.717, 1.165) is 19.5 Å². The molecule has 4 heteroatoms. The maximum atomic E-state index is 4.34. The van der Waals surface area contributed by atoms with Gasteiger partial charge in [0, 0.05) is 33.6 Å². The maximum absolute atomic E-state index is 4.34. The lowest BCUT2D eigenvalue weighted by Gasteiger charge is -2.20. The smallest absolute Gasteiger partial charge is 0.115 e. The van der Waals surface area contributed by atoms with Crippen LogP contribution in [0.2, 0.25) is 0 Å². The normalized spacial score (nSPS) is 15.8. The van der Waals surface area contributed by atoms with E-state index >= 15 is 0 Å². The Morgan fingerprint density at radius 1 is 1.58 bits per heavy atom. The van der Waals surface area contributed by atoms with E-state index in [-0.39, 0.29) is 0 Å².